The Kier molecular flexibility index (Phi) is 6.61. The van der Waals surface area contributed by atoms with Crippen LogP contribution in [0.25, 0.3) is 0 Å². The first-order chi connectivity index (χ1) is 12.7. The number of thiocarbonyl (C=S) groups is 1. The third-order valence-corrected chi connectivity index (χ3v) is 4.64. The number of carbonyl (C=O) groups is 1. The van der Waals surface area contributed by atoms with Crippen molar-refractivity contribution in [2.45, 2.75) is 44.2 Å². The van der Waals surface area contributed by atoms with Gasteiger partial charge in [0.15, 0.2) is 0 Å². The zero-order chi connectivity index (χ0) is 18.2. The molecule has 3 rings (SSSR count). The highest BCUT2D eigenvalue weighted by Crippen LogP contribution is 2.22. The fourth-order valence-corrected chi connectivity index (χ4v) is 3.40. The third kappa shape index (κ3) is 5.56. The van der Waals surface area contributed by atoms with E-state index in [-0.39, 0.29) is 18.1 Å². The number of nitrogens with one attached hydrogen (secondary N) is 1. The monoisotopic (exact) mass is 369 g/mol. The second-order valence-electron chi connectivity index (χ2n) is 6.46. The number of ether oxygens (including phenoxy) is 2. The first kappa shape index (κ1) is 18.4. The number of carbonyl (C=O) groups excluding carboxylic acids is 1. The van der Waals surface area contributed by atoms with E-state index < -0.39 is 0 Å². The van der Waals surface area contributed by atoms with E-state index in [0.717, 1.165) is 32.1 Å². The minimum absolute atomic E-state index is 0.109. The zero-order valence-corrected chi connectivity index (χ0v) is 15.4. The lowest BCUT2D eigenvalue weighted by molar-refractivity contribution is 0.0254. The number of hydrogen-bond donors (Lipinski definition) is 1. The first-order valence-electron chi connectivity index (χ1n) is 9.00. The van der Waals surface area contributed by atoms with Crippen LogP contribution in [0, 0.1) is 0 Å². The van der Waals surface area contributed by atoms with Crippen LogP contribution in [0.5, 0.6) is 5.75 Å². The average molecular weight is 369 g/mol. The summed E-state index contributed by atoms with van der Waals surface area (Å²) in [6, 6.07) is 18.7. The largest absolute Gasteiger partial charge is 0.459 e. The summed E-state index contributed by atoms with van der Waals surface area (Å²) in [6.45, 7) is 0. The summed E-state index contributed by atoms with van der Waals surface area (Å²) in [7, 11) is 0. The lowest BCUT2D eigenvalue weighted by Crippen LogP contribution is -2.38. The van der Waals surface area contributed by atoms with E-state index in [9.17, 15) is 4.79 Å². The van der Waals surface area contributed by atoms with Crippen LogP contribution >= 0.6 is 12.2 Å². The molecule has 136 valence electrons. The molecule has 2 aromatic rings. The Morgan fingerprint density at radius 1 is 0.962 bits per heavy atom. The van der Waals surface area contributed by atoms with Crippen molar-refractivity contribution in [2.24, 2.45) is 0 Å². The van der Waals surface area contributed by atoms with Crippen molar-refractivity contribution in [3.8, 4) is 5.75 Å². The molecular weight excluding hydrogens is 346 g/mol. The minimum atomic E-state index is -0.264. The molecule has 1 aliphatic carbocycles. The maximum atomic E-state index is 12.3. The zero-order valence-electron chi connectivity index (χ0n) is 14.6. The third-order valence-electron chi connectivity index (χ3n) is 4.44. The van der Waals surface area contributed by atoms with Crippen LogP contribution in [-0.4, -0.2) is 23.3 Å². The molecule has 1 saturated carbocycles. The molecule has 2 aromatic carbocycles. The van der Waals surface area contributed by atoms with E-state index in [4.69, 9.17) is 21.7 Å². The van der Waals surface area contributed by atoms with Crippen molar-refractivity contribution < 1.29 is 14.3 Å². The second kappa shape index (κ2) is 9.34. The molecule has 4 nitrogen and oxygen atoms in total. The molecule has 0 aliphatic heterocycles. The Labute approximate surface area is 159 Å². The van der Waals surface area contributed by atoms with Gasteiger partial charge in [-0.05, 0) is 55.7 Å². The molecule has 0 unspecified atom stereocenters. The smallest absolute Gasteiger partial charge is 0.338 e. The number of esters is 1. The summed E-state index contributed by atoms with van der Waals surface area (Å²) in [4.78, 5) is 12.3. The fraction of sp³-hybridized carbons (Fsp3) is 0.333. The van der Waals surface area contributed by atoms with E-state index in [1.807, 2.05) is 48.5 Å². The van der Waals surface area contributed by atoms with Gasteiger partial charge in [-0.15, -0.1) is 0 Å². The van der Waals surface area contributed by atoms with Gasteiger partial charge >= 0.3 is 5.97 Å². The van der Waals surface area contributed by atoms with Gasteiger partial charge in [0.2, 0.25) is 0 Å². The summed E-state index contributed by atoms with van der Waals surface area (Å²) < 4.78 is 11.4. The maximum Gasteiger partial charge on any atom is 0.338 e. The quantitative estimate of drug-likeness (QED) is 0.488. The molecule has 0 amide bonds. The lowest BCUT2D eigenvalue weighted by atomic mass is 10.1. The Morgan fingerprint density at radius 2 is 1.62 bits per heavy atom. The number of para-hydroxylation sites is 1. The van der Waals surface area contributed by atoms with E-state index in [1.54, 1.807) is 12.1 Å². The van der Waals surface area contributed by atoms with E-state index >= 15 is 0 Å². The lowest BCUT2D eigenvalue weighted by Gasteiger charge is -2.22. The summed E-state index contributed by atoms with van der Waals surface area (Å²) in [6.07, 6.45) is 4.60. The minimum Gasteiger partial charge on any atom is -0.459 e. The van der Waals surface area contributed by atoms with Crippen LogP contribution in [0.4, 0.5) is 0 Å². The van der Waals surface area contributed by atoms with Gasteiger partial charge in [0.25, 0.3) is 5.17 Å². The maximum absolute atomic E-state index is 12.3. The van der Waals surface area contributed by atoms with Gasteiger partial charge in [-0.1, -0.05) is 42.8 Å². The van der Waals surface area contributed by atoms with Crippen molar-refractivity contribution in [1.29, 1.82) is 0 Å². The summed E-state index contributed by atoms with van der Waals surface area (Å²) in [5.41, 5.74) is 0.587. The summed E-state index contributed by atoms with van der Waals surface area (Å²) in [5, 5.41) is 3.63. The van der Waals surface area contributed by atoms with Crippen LogP contribution in [0.1, 0.15) is 42.5 Å². The van der Waals surface area contributed by atoms with Crippen LogP contribution in [-0.2, 0) is 4.74 Å². The Hall–Kier alpha value is -2.40. The van der Waals surface area contributed by atoms with Crippen molar-refractivity contribution in [2.75, 3.05) is 0 Å². The van der Waals surface area contributed by atoms with Gasteiger partial charge in [0.1, 0.15) is 11.9 Å². The Morgan fingerprint density at radius 3 is 2.35 bits per heavy atom. The molecule has 26 heavy (non-hydrogen) atoms. The fourth-order valence-electron chi connectivity index (χ4n) is 3.14. The van der Waals surface area contributed by atoms with Gasteiger partial charge in [-0.25, -0.2) is 4.79 Å². The first-order valence-corrected chi connectivity index (χ1v) is 9.41. The second-order valence-corrected chi connectivity index (χ2v) is 6.83. The summed E-state index contributed by atoms with van der Waals surface area (Å²) in [5.74, 6) is 0.449. The summed E-state index contributed by atoms with van der Waals surface area (Å²) >= 11 is 5.32. The van der Waals surface area contributed by atoms with Crippen LogP contribution in [0.3, 0.4) is 0 Å². The molecule has 0 radical (unpaired) electrons. The van der Waals surface area contributed by atoms with Crippen LogP contribution in [0.15, 0.2) is 60.7 Å². The van der Waals surface area contributed by atoms with Crippen LogP contribution < -0.4 is 10.1 Å². The topological polar surface area (TPSA) is 47.6 Å². The standard InChI is InChI=1S/C21H23NO3S/c23-20(16-9-3-1-4-10-16)24-19-14-8-7-11-17(15-19)22-21(26)25-18-12-5-2-6-13-18/h1-6,9-10,12-13,17,19H,7-8,11,14-15H2,(H,22,26)/t17-,19+/m1/s1. The molecule has 1 fully saturated rings. The highest BCUT2D eigenvalue weighted by atomic mass is 32.1. The van der Waals surface area contributed by atoms with Crippen molar-refractivity contribution >= 4 is 23.4 Å². The molecule has 0 heterocycles. The van der Waals surface area contributed by atoms with E-state index in [0.29, 0.717) is 16.5 Å². The molecule has 5 heteroatoms. The molecule has 2 atom stereocenters. The van der Waals surface area contributed by atoms with Crippen molar-refractivity contribution in [3.63, 3.8) is 0 Å². The molecule has 1 N–H and O–H groups in total. The van der Waals surface area contributed by atoms with Gasteiger partial charge in [0, 0.05) is 12.5 Å². The van der Waals surface area contributed by atoms with Crippen molar-refractivity contribution in [1.82, 2.24) is 5.32 Å². The van der Waals surface area contributed by atoms with Gasteiger partial charge in [-0.2, -0.15) is 0 Å². The van der Waals surface area contributed by atoms with Crippen molar-refractivity contribution in [3.05, 3.63) is 66.2 Å². The van der Waals surface area contributed by atoms with E-state index in [1.165, 1.54) is 0 Å². The average Bonchev–Trinajstić information content (AvgIpc) is 2.88. The van der Waals surface area contributed by atoms with Gasteiger partial charge in [-0.3, -0.25) is 0 Å². The van der Waals surface area contributed by atoms with E-state index in [2.05, 4.69) is 5.32 Å². The van der Waals surface area contributed by atoms with Gasteiger partial charge < -0.3 is 14.8 Å². The molecule has 0 aromatic heterocycles. The Balaban J connectivity index is 1.53. The predicted octanol–water partition coefficient (Wildman–Crippen LogP) is 4.50. The molecule has 1 aliphatic rings. The SMILES string of the molecule is O=C(O[C@H]1CCCC[C@@H](NC(=S)Oc2ccccc2)C1)c1ccccc1. The molecule has 0 bridgehead atoms. The number of rotatable bonds is 4. The number of benzene rings is 2. The van der Waals surface area contributed by atoms with Gasteiger partial charge in [0.05, 0.1) is 5.56 Å². The molecule has 0 spiro atoms. The Bertz CT molecular complexity index is 721. The predicted molar refractivity (Wildman–Crippen MR) is 105 cm³/mol. The van der Waals surface area contributed by atoms with Crippen LogP contribution in [0.2, 0.25) is 0 Å². The molecule has 0 saturated heterocycles. The molecular formula is C21H23NO3S. The highest BCUT2D eigenvalue weighted by Gasteiger charge is 2.24. The highest BCUT2D eigenvalue weighted by molar-refractivity contribution is 7.80. The normalized spacial score (nSPS) is 19.8. The number of hydrogen-bond acceptors (Lipinski definition) is 4.